The maximum absolute atomic E-state index is 11.3. The first-order valence-electron chi connectivity index (χ1n) is 11.3. The molecule has 172 valence electrons. The van der Waals surface area contributed by atoms with Crippen molar-refractivity contribution in [2.45, 2.75) is 38.5 Å². The van der Waals surface area contributed by atoms with Gasteiger partial charge >= 0.3 is 5.97 Å². The Morgan fingerprint density at radius 2 is 1.56 bits per heavy atom. The Balaban J connectivity index is 1.37. The Morgan fingerprint density at radius 1 is 0.906 bits per heavy atom. The highest BCUT2D eigenvalue weighted by Gasteiger charge is 2.23. The highest BCUT2D eigenvalue weighted by Crippen LogP contribution is 2.30. The van der Waals surface area contributed by atoms with Gasteiger partial charge in [-0.1, -0.05) is 30.3 Å². The number of carbonyl (C=O) groups excluding carboxylic acids is 1. The fourth-order valence-corrected chi connectivity index (χ4v) is 3.90. The molecule has 0 N–H and O–H groups in total. The molecule has 3 rings (SSSR count). The number of esters is 1. The molecule has 0 unspecified atom stereocenters. The van der Waals surface area contributed by atoms with Crippen LogP contribution >= 0.6 is 0 Å². The molecule has 0 heterocycles. The molecule has 1 aliphatic carbocycles. The number of carbonyl (C=O) groups is 1. The van der Waals surface area contributed by atoms with Crippen molar-refractivity contribution in [1.82, 2.24) is 0 Å². The standard InChI is InChI=1S/C26H33NO5/c1-29-25(28)17-14-20-12-15-24(16-13-20)31-18-21-8-10-22(11-9-21)19-32-26(27-30-2)23-6-4-3-5-7-23/h3-7,12-13,15-16,21-22H,8-11,14,17-19H2,1-2H3/b27-26-. The van der Waals surface area contributed by atoms with E-state index in [-0.39, 0.29) is 5.97 Å². The lowest BCUT2D eigenvalue weighted by Gasteiger charge is -2.28. The number of hydrogen-bond donors (Lipinski definition) is 0. The molecule has 0 radical (unpaired) electrons. The van der Waals surface area contributed by atoms with Crippen LogP contribution in [0.25, 0.3) is 0 Å². The van der Waals surface area contributed by atoms with E-state index in [1.807, 2.05) is 54.6 Å². The lowest BCUT2D eigenvalue weighted by molar-refractivity contribution is -0.140. The molecular weight excluding hydrogens is 406 g/mol. The number of benzene rings is 2. The van der Waals surface area contributed by atoms with Gasteiger partial charge in [0.2, 0.25) is 0 Å². The van der Waals surface area contributed by atoms with Crippen molar-refractivity contribution < 1.29 is 23.8 Å². The van der Waals surface area contributed by atoms with Crippen molar-refractivity contribution in [3.8, 4) is 5.75 Å². The summed E-state index contributed by atoms with van der Waals surface area (Å²) < 4.78 is 16.7. The molecule has 0 aromatic heterocycles. The molecule has 2 aromatic rings. The van der Waals surface area contributed by atoms with Gasteiger partial charge in [-0.3, -0.25) is 4.79 Å². The maximum atomic E-state index is 11.3. The Morgan fingerprint density at radius 3 is 2.19 bits per heavy atom. The van der Waals surface area contributed by atoms with Crippen molar-refractivity contribution in [2.75, 3.05) is 27.4 Å². The third kappa shape index (κ3) is 7.59. The quantitative estimate of drug-likeness (QED) is 0.226. The topological polar surface area (TPSA) is 66.3 Å². The van der Waals surface area contributed by atoms with Crippen molar-refractivity contribution in [1.29, 1.82) is 0 Å². The van der Waals surface area contributed by atoms with E-state index >= 15 is 0 Å². The molecule has 0 spiro atoms. The zero-order valence-electron chi connectivity index (χ0n) is 19.0. The van der Waals surface area contributed by atoms with E-state index in [9.17, 15) is 4.79 Å². The summed E-state index contributed by atoms with van der Waals surface area (Å²) in [6.45, 7) is 1.38. The zero-order chi connectivity index (χ0) is 22.6. The predicted molar refractivity (Wildman–Crippen MR) is 124 cm³/mol. The smallest absolute Gasteiger partial charge is 0.305 e. The number of rotatable bonds is 10. The fraction of sp³-hybridized carbons (Fsp3) is 0.462. The third-order valence-corrected chi connectivity index (χ3v) is 5.87. The molecule has 1 saturated carbocycles. The van der Waals surface area contributed by atoms with Gasteiger partial charge in [0, 0.05) is 12.0 Å². The summed E-state index contributed by atoms with van der Waals surface area (Å²) in [4.78, 5) is 16.2. The van der Waals surface area contributed by atoms with E-state index in [0.717, 1.165) is 49.2 Å². The van der Waals surface area contributed by atoms with Gasteiger partial charge in [0.1, 0.15) is 12.9 Å². The molecule has 6 nitrogen and oxygen atoms in total. The first kappa shape index (κ1) is 23.6. The number of hydrogen-bond acceptors (Lipinski definition) is 6. The Labute approximate surface area is 190 Å². The molecule has 6 heteroatoms. The average molecular weight is 440 g/mol. The molecule has 0 amide bonds. The highest BCUT2D eigenvalue weighted by molar-refractivity contribution is 5.93. The minimum Gasteiger partial charge on any atom is -0.493 e. The molecule has 0 bridgehead atoms. The summed E-state index contributed by atoms with van der Waals surface area (Å²) in [6.07, 6.45) is 5.58. The molecule has 0 aliphatic heterocycles. The van der Waals surface area contributed by atoms with E-state index in [0.29, 0.717) is 37.2 Å². The normalized spacial score (nSPS) is 18.6. The minimum absolute atomic E-state index is 0.186. The number of nitrogens with zero attached hydrogens (tertiary/aromatic N) is 1. The molecule has 1 aliphatic rings. The molecule has 0 saturated heterocycles. The average Bonchev–Trinajstić information content (AvgIpc) is 2.85. The summed E-state index contributed by atoms with van der Waals surface area (Å²) >= 11 is 0. The second-order valence-corrected chi connectivity index (χ2v) is 8.17. The van der Waals surface area contributed by atoms with Gasteiger partial charge in [-0.2, -0.15) is 0 Å². The first-order chi connectivity index (χ1) is 15.7. The first-order valence-corrected chi connectivity index (χ1v) is 11.3. The summed E-state index contributed by atoms with van der Waals surface area (Å²) in [6, 6.07) is 17.8. The van der Waals surface area contributed by atoms with Gasteiger partial charge < -0.3 is 19.0 Å². The lowest BCUT2D eigenvalue weighted by Crippen LogP contribution is -2.24. The summed E-state index contributed by atoms with van der Waals surface area (Å²) in [7, 11) is 2.95. The third-order valence-electron chi connectivity index (χ3n) is 5.87. The molecule has 2 aromatic carbocycles. The second-order valence-electron chi connectivity index (χ2n) is 8.17. The monoisotopic (exact) mass is 439 g/mol. The zero-order valence-corrected chi connectivity index (χ0v) is 19.0. The maximum Gasteiger partial charge on any atom is 0.305 e. The predicted octanol–water partition coefficient (Wildman–Crippen LogP) is 5.00. The summed E-state index contributed by atoms with van der Waals surface area (Å²) in [5.41, 5.74) is 2.03. The number of aryl methyl sites for hydroxylation is 1. The van der Waals surface area contributed by atoms with Crippen LogP contribution in [0.5, 0.6) is 5.75 Å². The van der Waals surface area contributed by atoms with Crippen molar-refractivity contribution >= 4 is 11.9 Å². The van der Waals surface area contributed by atoms with Crippen molar-refractivity contribution in [2.24, 2.45) is 17.0 Å². The van der Waals surface area contributed by atoms with Crippen LogP contribution in [0, 0.1) is 11.8 Å². The second kappa shape index (κ2) is 12.7. The highest BCUT2D eigenvalue weighted by atomic mass is 16.6. The van der Waals surface area contributed by atoms with Crippen LogP contribution in [0.2, 0.25) is 0 Å². The van der Waals surface area contributed by atoms with Crippen molar-refractivity contribution in [3.05, 3.63) is 65.7 Å². The Hall–Kier alpha value is -3.02. The van der Waals surface area contributed by atoms with Gasteiger partial charge in [0.25, 0.3) is 5.90 Å². The number of oxime groups is 1. The van der Waals surface area contributed by atoms with Crippen LogP contribution < -0.4 is 4.74 Å². The van der Waals surface area contributed by atoms with Crippen LogP contribution in [0.4, 0.5) is 0 Å². The van der Waals surface area contributed by atoms with E-state index in [1.165, 1.54) is 14.2 Å². The van der Waals surface area contributed by atoms with Crippen LogP contribution in [-0.4, -0.2) is 39.3 Å². The summed E-state index contributed by atoms with van der Waals surface area (Å²) in [5, 5.41) is 4.04. The van der Waals surface area contributed by atoms with E-state index in [1.54, 1.807) is 0 Å². The Kier molecular flexibility index (Phi) is 9.41. The van der Waals surface area contributed by atoms with Crippen LogP contribution in [0.1, 0.15) is 43.2 Å². The van der Waals surface area contributed by atoms with Gasteiger partial charge in [-0.15, -0.1) is 0 Å². The minimum atomic E-state index is -0.186. The summed E-state index contributed by atoms with van der Waals surface area (Å²) in [5.74, 6) is 2.31. The van der Waals surface area contributed by atoms with E-state index in [2.05, 4.69) is 9.89 Å². The van der Waals surface area contributed by atoms with Gasteiger partial charge in [-0.05, 0) is 78.9 Å². The van der Waals surface area contributed by atoms with Crippen molar-refractivity contribution in [3.63, 3.8) is 0 Å². The number of ether oxygens (including phenoxy) is 3. The van der Waals surface area contributed by atoms with Gasteiger partial charge in [0.15, 0.2) is 0 Å². The van der Waals surface area contributed by atoms with Crippen LogP contribution in [0.15, 0.2) is 59.8 Å². The SMILES string of the molecule is CO/N=C(\OCC1CCC(COc2ccc(CCC(=O)OC)cc2)CC1)c1ccccc1. The molecular formula is C26H33NO5. The molecule has 32 heavy (non-hydrogen) atoms. The number of methoxy groups -OCH3 is 1. The molecule has 1 fully saturated rings. The molecule has 0 atom stereocenters. The van der Waals surface area contributed by atoms with Crippen LogP contribution in [0.3, 0.4) is 0 Å². The van der Waals surface area contributed by atoms with E-state index < -0.39 is 0 Å². The van der Waals surface area contributed by atoms with Gasteiger partial charge in [-0.25, -0.2) is 0 Å². The van der Waals surface area contributed by atoms with E-state index in [4.69, 9.17) is 14.3 Å². The van der Waals surface area contributed by atoms with Gasteiger partial charge in [0.05, 0.1) is 20.3 Å². The van der Waals surface area contributed by atoms with Crippen LogP contribution in [-0.2, 0) is 25.5 Å². The Bertz CT molecular complexity index is 842. The fourth-order valence-electron chi connectivity index (χ4n) is 3.90. The largest absolute Gasteiger partial charge is 0.493 e. The lowest BCUT2D eigenvalue weighted by atomic mass is 9.83.